The predicted octanol–water partition coefficient (Wildman–Crippen LogP) is 12.0. The predicted molar refractivity (Wildman–Crippen MR) is 183 cm³/mol. The molecule has 0 spiro atoms. The van der Waals surface area contributed by atoms with Gasteiger partial charge in [-0.1, -0.05) is 127 Å². The fraction of sp³-hybridized carbons (Fsp3) is 0. The van der Waals surface area contributed by atoms with Crippen LogP contribution < -0.4 is 0 Å². The van der Waals surface area contributed by atoms with Crippen molar-refractivity contribution in [1.29, 1.82) is 0 Å². The summed E-state index contributed by atoms with van der Waals surface area (Å²) in [5.74, 6) is 0. The first-order valence-electron chi connectivity index (χ1n) is 14.7. The van der Waals surface area contributed by atoms with E-state index in [9.17, 15) is 0 Å². The van der Waals surface area contributed by atoms with E-state index >= 15 is 0 Å². The molecule has 0 aromatic heterocycles. The molecule has 0 aliphatic heterocycles. The van der Waals surface area contributed by atoms with Crippen LogP contribution in [0.4, 0.5) is 0 Å². The van der Waals surface area contributed by atoms with Gasteiger partial charge in [-0.05, 0) is 116 Å². The fourth-order valence-corrected chi connectivity index (χ4v) is 7.73. The smallest absolute Gasteiger partial charge is 0.00199 e. The van der Waals surface area contributed by atoms with Gasteiger partial charge in [-0.3, -0.25) is 0 Å². The molecule has 0 atom stereocenters. The molecular formula is C42H24. The average Bonchev–Trinajstić information content (AvgIpc) is 3.05. The molecule has 0 amide bonds. The number of fused-ring (bicyclic) bond motifs is 5. The molecule has 10 rings (SSSR count). The molecular weight excluding hydrogens is 504 g/mol. The van der Waals surface area contributed by atoms with E-state index in [1.807, 2.05) is 0 Å². The van der Waals surface area contributed by atoms with Crippen LogP contribution >= 0.6 is 0 Å². The highest BCUT2D eigenvalue weighted by Crippen LogP contribution is 2.45. The molecule has 0 nitrogen and oxygen atoms in total. The standard InChI is InChI=1S/C42H24/c1-2-12-31-28(8-1)23-37(33-14-4-3-13-32(31)33)30-22-29-21-20-27-10-6-16-35-34-15-5-9-25-18-19-26-11-7-17-36(41(26)39(25)34)38(24-30)42(29)40(27)35/h1-24H. The van der Waals surface area contributed by atoms with Crippen LogP contribution in [0.25, 0.3) is 97.3 Å². The van der Waals surface area contributed by atoms with Crippen molar-refractivity contribution >= 4 is 86.2 Å². The summed E-state index contributed by atoms with van der Waals surface area (Å²) < 4.78 is 0. The minimum absolute atomic E-state index is 1.26. The lowest BCUT2D eigenvalue weighted by molar-refractivity contribution is 1.72. The minimum atomic E-state index is 1.26. The summed E-state index contributed by atoms with van der Waals surface area (Å²) in [6.45, 7) is 0. The van der Waals surface area contributed by atoms with Crippen LogP contribution in [0.5, 0.6) is 0 Å². The Bertz CT molecular complexity index is 2720. The third-order valence-electron chi connectivity index (χ3n) is 9.50. The molecule has 0 aliphatic carbocycles. The summed E-state index contributed by atoms with van der Waals surface area (Å²) in [4.78, 5) is 0. The molecule has 0 radical (unpaired) electrons. The van der Waals surface area contributed by atoms with Crippen molar-refractivity contribution in [2.24, 2.45) is 0 Å². The molecule has 192 valence electrons. The van der Waals surface area contributed by atoms with Crippen LogP contribution in [0.15, 0.2) is 146 Å². The lowest BCUT2D eigenvalue weighted by Gasteiger charge is -2.18. The summed E-state index contributed by atoms with van der Waals surface area (Å²) >= 11 is 0. The number of benzene rings is 9. The lowest BCUT2D eigenvalue weighted by Crippen LogP contribution is -1.90. The second-order valence-corrected chi connectivity index (χ2v) is 11.7. The van der Waals surface area contributed by atoms with Gasteiger partial charge < -0.3 is 0 Å². The first kappa shape index (κ1) is 22.3. The minimum Gasteiger partial charge on any atom is -0.0616 e. The molecule has 0 N–H and O–H groups in total. The number of hydrogen-bond acceptors (Lipinski definition) is 0. The molecule has 0 aliphatic rings. The van der Waals surface area contributed by atoms with Crippen molar-refractivity contribution in [3.8, 4) is 11.1 Å². The largest absolute Gasteiger partial charge is 0.0616 e. The zero-order chi connectivity index (χ0) is 27.4. The third kappa shape index (κ3) is 2.86. The summed E-state index contributed by atoms with van der Waals surface area (Å²) in [5, 5.41) is 20.9. The summed E-state index contributed by atoms with van der Waals surface area (Å²) in [7, 11) is 0. The van der Waals surface area contributed by atoms with Crippen LogP contribution in [0.2, 0.25) is 0 Å². The lowest BCUT2D eigenvalue weighted by atomic mass is 9.85. The average molecular weight is 529 g/mol. The molecule has 10 aromatic carbocycles. The van der Waals surface area contributed by atoms with E-state index in [2.05, 4.69) is 146 Å². The van der Waals surface area contributed by atoms with Gasteiger partial charge in [-0.25, -0.2) is 0 Å². The van der Waals surface area contributed by atoms with Crippen LogP contribution in [0.3, 0.4) is 0 Å². The van der Waals surface area contributed by atoms with Crippen molar-refractivity contribution in [3.05, 3.63) is 146 Å². The Morgan fingerprint density at radius 2 is 0.690 bits per heavy atom. The van der Waals surface area contributed by atoms with Crippen LogP contribution in [0, 0.1) is 0 Å². The van der Waals surface area contributed by atoms with E-state index < -0.39 is 0 Å². The zero-order valence-corrected chi connectivity index (χ0v) is 22.9. The summed E-state index contributed by atoms with van der Waals surface area (Å²) in [6, 6.07) is 54.5. The molecule has 0 saturated carbocycles. The molecule has 10 aromatic rings. The van der Waals surface area contributed by atoms with Gasteiger partial charge >= 0.3 is 0 Å². The maximum atomic E-state index is 2.47. The third-order valence-corrected chi connectivity index (χ3v) is 9.50. The van der Waals surface area contributed by atoms with Gasteiger partial charge in [0.1, 0.15) is 0 Å². The molecule has 0 heterocycles. The van der Waals surface area contributed by atoms with Gasteiger partial charge in [0.25, 0.3) is 0 Å². The number of hydrogen-bond donors (Lipinski definition) is 0. The van der Waals surface area contributed by atoms with Crippen molar-refractivity contribution in [1.82, 2.24) is 0 Å². The van der Waals surface area contributed by atoms with Gasteiger partial charge in [-0.2, -0.15) is 0 Å². The Hall–Kier alpha value is -5.46. The monoisotopic (exact) mass is 528 g/mol. The van der Waals surface area contributed by atoms with E-state index in [-0.39, 0.29) is 0 Å². The Balaban J connectivity index is 1.50. The van der Waals surface area contributed by atoms with E-state index in [1.54, 1.807) is 0 Å². The SMILES string of the molecule is c1ccc2c(c1)cc(-c1cc3ccc4cccc5c6cccc7ccc8cccc(c(c1)c3c45)c8c76)c1ccccc12. The van der Waals surface area contributed by atoms with Crippen molar-refractivity contribution in [3.63, 3.8) is 0 Å². The van der Waals surface area contributed by atoms with E-state index in [0.717, 1.165) is 0 Å². The molecule has 0 heteroatoms. The highest BCUT2D eigenvalue weighted by molar-refractivity contribution is 6.37. The Morgan fingerprint density at radius 3 is 1.33 bits per heavy atom. The van der Waals surface area contributed by atoms with E-state index in [4.69, 9.17) is 0 Å². The quantitative estimate of drug-likeness (QED) is 0.186. The topological polar surface area (TPSA) is 0 Å². The van der Waals surface area contributed by atoms with Gasteiger partial charge in [0.2, 0.25) is 0 Å². The fourth-order valence-electron chi connectivity index (χ4n) is 7.73. The Labute approximate surface area is 242 Å². The number of rotatable bonds is 1. The van der Waals surface area contributed by atoms with E-state index in [1.165, 1.54) is 97.3 Å². The molecule has 0 unspecified atom stereocenters. The maximum Gasteiger partial charge on any atom is -0.00199 e. The second kappa shape index (κ2) is 8.06. The van der Waals surface area contributed by atoms with Crippen molar-refractivity contribution in [2.75, 3.05) is 0 Å². The van der Waals surface area contributed by atoms with E-state index in [0.29, 0.717) is 0 Å². The highest BCUT2D eigenvalue weighted by atomic mass is 14.2. The van der Waals surface area contributed by atoms with Crippen LogP contribution in [-0.2, 0) is 0 Å². The maximum absolute atomic E-state index is 2.47. The normalized spacial score (nSPS) is 12.3. The first-order valence-corrected chi connectivity index (χ1v) is 14.7. The highest BCUT2D eigenvalue weighted by Gasteiger charge is 2.17. The molecule has 0 bridgehead atoms. The van der Waals surface area contributed by atoms with Gasteiger partial charge in [0.05, 0.1) is 0 Å². The van der Waals surface area contributed by atoms with Gasteiger partial charge in [-0.15, -0.1) is 0 Å². The molecule has 0 fully saturated rings. The Morgan fingerprint density at radius 1 is 0.238 bits per heavy atom. The first-order chi connectivity index (χ1) is 20.8. The molecule has 0 saturated heterocycles. The second-order valence-electron chi connectivity index (χ2n) is 11.7. The molecule has 42 heavy (non-hydrogen) atoms. The summed E-state index contributed by atoms with van der Waals surface area (Å²) in [5.41, 5.74) is 2.54. The van der Waals surface area contributed by atoms with Gasteiger partial charge in [0, 0.05) is 0 Å². The Kier molecular flexibility index (Phi) is 4.27. The van der Waals surface area contributed by atoms with Crippen molar-refractivity contribution in [2.45, 2.75) is 0 Å². The summed E-state index contributed by atoms with van der Waals surface area (Å²) in [6.07, 6.45) is 0. The van der Waals surface area contributed by atoms with Crippen LogP contribution in [0.1, 0.15) is 0 Å². The van der Waals surface area contributed by atoms with Gasteiger partial charge in [0.15, 0.2) is 0 Å². The van der Waals surface area contributed by atoms with Crippen LogP contribution in [-0.4, -0.2) is 0 Å². The van der Waals surface area contributed by atoms with Crippen molar-refractivity contribution < 1.29 is 0 Å². The zero-order valence-electron chi connectivity index (χ0n) is 22.9.